The molecule has 0 aliphatic heterocycles. The van der Waals surface area contributed by atoms with E-state index in [0.29, 0.717) is 5.56 Å². The van der Waals surface area contributed by atoms with Gasteiger partial charge in [0, 0.05) is 0 Å². The molecule has 1 atom stereocenters. The van der Waals surface area contributed by atoms with Crippen molar-refractivity contribution in [2.45, 2.75) is 17.2 Å². The Labute approximate surface area is 123 Å². The number of aryl methyl sites for hydroxylation is 1. The van der Waals surface area contributed by atoms with Crippen molar-refractivity contribution in [3.8, 4) is 0 Å². The van der Waals surface area contributed by atoms with E-state index in [0.717, 1.165) is 5.56 Å². The van der Waals surface area contributed by atoms with E-state index in [1.165, 1.54) is 12.1 Å². The summed E-state index contributed by atoms with van der Waals surface area (Å²) in [5.74, 6) is 0. The number of amides is 1. The molecule has 0 aliphatic rings. The monoisotopic (exact) mass is 305 g/mol. The van der Waals surface area contributed by atoms with Crippen LogP contribution in [0.3, 0.4) is 0 Å². The van der Waals surface area contributed by atoms with Gasteiger partial charge >= 0.3 is 6.09 Å². The summed E-state index contributed by atoms with van der Waals surface area (Å²) in [7, 11) is -3.86. The van der Waals surface area contributed by atoms with Gasteiger partial charge in [0.05, 0.1) is 4.90 Å². The fourth-order valence-corrected chi connectivity index (χ4v) is 3.50. The highest BCUT2D eigenvalue weighted by atomic mass is 32.2. The molecule has 5 nitrogen and oxygen atoms in total. The number of carboxylic acid groups (broad SMARTS) is 1. The van der Waals surface area contributed by atoms with Gasteiger partial charge in [-0.1, -0.05) is 48.0 Å². The lowest BCUT2D eigenvalue weighted by molar-refractivity contribution is 0.193. The lowest BCUT2D eigenvalue weighted by atomic mass is 10.2. The maximum atomic E-state index is 12.7. The summed E-state index contributed by atoms with van der Waals surface area (Å²) in [5, 5.41) is 9.67. The van der Waals surface area contributed by atoms with Gasteiger partial charge in [0.15, 0.2) is 5.37 Å². The Morgan fingerprint density at radius 3 is 2.14 bits per heavy atom. The largest absolute Gasteiger partial charge is 0.465 e. The molecule has 0 radical (unpaired) electrons. The van der Waals surface area contributed by atoms with Gasteiger partial charge in [-0.25, -0.2) is 13.2 Å². The summed E-state index contributed by atoms with van der Waals surface area (Å²) in [6.07, 6.45) is -1.39. The summed E-state index contributed by atoms with van der Waals surface area (Å²) in [6.45, 7) is 1.85. The number of nitrogens with one attached hydrogen (secondary N) is 1. The first-order chi connectivity index (χ1) is 9.91. The molecule has 110 valence electrons. The maximum Gasteiger partial charge on any atom is 0.405 e. The second kappa shape index (κ2) is 5.97. The quantitative estimate of drug-likeness (QED) is 0.909. The zero-order valence-corrected chi connectivity index (χ0v) is 12.2. The average molecular weight is 305 g/mol. The number of hydrogen-bond donors (Lipinski definition) is 2. The predicted molar refractivity (Wildman–Crippen MR) is 78.7 cm³/mol. The second-order valence-electron chi connectivity index (χ2n) is 4.60. The molecule has 0 spiro atoms. The Bertz CT molecular complexity index is 724. The SMILES string of the molecule is Cc1ccc(S(=O)(=O)C(NC(=O)O)c2ccccc2)cc1. The fourth-order valence-electron chi connectivity index (χ4n) is 1.94. The summed E-state index contributed by atoms with van der Waals surface area (Å²) in [5.41, 5.74) is 1.30. The minimum Gasteiger partial charge on any atom is -0.465 e. The molecule has 0 fully saturated rings. The van der Waals surface area contributed by atoms with E-state index in [-0.39, 0.29) is 4.90 Å². The Hall–Kier alpha value is -2.34. The van der Waals surface area contributed by atoms with Crippen molar-refractivity contribution in [1.82, 2.24) is 5.32 Å². The van der Waals surface area contributed by atoms with E-state index >= 15 is 0 Å². The molecule has 0 saturated carbocycles. The van der Waals surface area contributed by atoms with Crippen LogP contribution in [0.2, 0.25) is 0 Å². The fraction of sp³-hybridized carbons (Fsp3) is 0.133. The first-order valence-corrected chi connectivity index (χ1v) is 7.81. The lowest BCUT2D eigenvalue weighted by Crippen LogP contribution is -2.32. The Morgan fingerprint density at radius 1 is 1.05 bits per heavy atom. The third-order valence-electron chi connectivity index (χ3n) is 3.02. The van der Waals surface area contributed by atoms with Gasteiger partial charge in [0.25, 0.3) is 0 Å². The molecule has 0 saturated heterocycles. The molecule has 0 heterocycles. The third kappa shape index (κ3) is 3.41. The van der Waals surface area contributed by atoms with Gasteiger partial charge in [-0.05, 0) is 24.6 Å². The van der Waals surface area contributed by atoms with Gasteiger partial charge in [-0.2, -0.15) is 0 Å². The van der Waals surface area contributed by atoms with Gasteiger partial charge < -0.3 is 10.4 Å². The van der Waals surface area contributed by atoms with E-state index in [1.54, 1.807) is 42.5 Å². The number of sulfone groups is 1. The number of benzene rings is 2. The van der Waals surface area contributed by atoms with Gasteiger partial charge in [0.1, 0.15) is 0 Å². The van der Waals surface area contributed by atoms with Crippen molar-refractivity contribution >= 4 is 15.9 Å². The zero-order valence-electron chi connectivity index (χ0n) is 11.4. The Balaban J connectivity index is 2.49. The van der Waals surface area contributed by atoms with Gasteiger partial charge in [-0.15, -0.1) is 0 Å². The molecular formula is C15H15NO4S. The molecule has 0 bridgehead atoms. The maximum absolute atomic E-state index is 12.7. The second-order valence-corrected chi connectivity index (χ2v) is 6.63. The first-order valence-electron chi connectivity index (χ1n) is 6.26. The van der Waals surface area contributed by atoms with Crippen molar-refractivity contribution < 1.29 is 18.3 Å². The smallest absolute Gasteiger partial charge is 0.405 e. The van der Waals surface area contributed by atoms with Crippen LogP contribution in [0.1, 0.15) is 16.5 Å². The number of carbonyl (C=O) groups is 1. The highest BCUT2D eigenvalue weighted by Gasteiger charge is 2.30. The number of hydrogen-bond acceptors (Lipinski definition) is 3. The Morgan fingerprint density at radius 2 is 1.62 bits per heavy atom. The van der Waals surface area contributed by atoms with Crippen LogP contribution in [-0.2, 0) is 9.84 Å². The van der Waals surface area contributed by atoms with E-state index in [1.807, 2.05) is 6.92 Å². The van der Waals surface area contributed by atoms with Crippen LogP contribution in [0.4, 0.5) is 4.79 Å². The third-order valence-corrected chi connectivity index (χ3v) is 4.96. The molecular weight excluding hydrogens is 290 g/mol. The minimum absolute atomic E-state index is 0.0794. The van der Waals surface area contributed by atoms with Crippen molar-refractivity contribution in [1.29, 1.82) is 0 Å². The lowest BCUT2D eigenvalue weighted by Gasteiger charge is -2.18. The van der Waals surface area contributed by atoms with Crippen molar-refractivity contribution in [3.63, 3.8) is 0 Å². The molecule has 1 unspecified atom stereocenters. The highest BCUT2D eigenvalue weighted by Crippen LogP contribution is 2.26. The highest BCUT2D eigenvalue weighted by molar-refractivity contribution is 7.91. The molecule has 0 aliphatic carbocycles. The van der Waals surface area contributed by atoms with E-state index in [4.69, 9.17) is 5.11 Å². The Kier molecular flexibility index (Phi) is 4.28. The molecule has 2 aromatic carbocycles. The molecule has 1 amide bonds. The van der Waals surface area contributed by atoms with Crippen molar-refractivity contribution in [2.75, 3.05) is 0 Å². The normalized spacial score (nSPS) is 12.6. The number of rotatable bonds is 4. The van der Waals surface area contributed by atoms with E-state index in [2.05, 4.69) is 5.32 Å². The summed E-state index contributed by atoms with van der Waals surface area (Å²) >= 11 is 0. The summed E-state index contributed by atoms with van der Waals surface area (Å²) < 4.78 is 25.3. The van der Waals surface area contributed by atoms with Crippen LogP contribution < -0.4 is 5.32 Å². The topological polar surface area (TPSA) is 83.5 Å². The molecule has 6 heteroatoms. The molecule has 21 heavy (non-hydrogen) atoms. The molecule has 2 aromatic rings. The molecule has 0 aromatic heterocycles. The minimum atomic E-state index is -3.86. The van der Waals surface area contributed by atoms with Crippen molar-refractivity contribution in [3.05, 3.63) is 65.7 Å². The van der Waals surface area contributed by atoms with Crippen LogP contribution in [0.5, 0.6) is 0 Å². The van der Waals surface area contributed by atoms with Crippen LogP contribution in [-0.4, -0.2) is 19.6 Å². The van der Waals surface area contributed by atoms with Crippen molar-refractivity contribution in [2.24, 2.45) is 0 Å². The first kappa shape index (κ1) is 15.1. The zero-order chi connectivity index (χ0) is 15.5. The van der Waals surface area contributed by atoms with Crippen LogP contribution >= 0.6 is 0 Å². The standard InChI is InChI=1S/C15H15NO4S/c1-11-7-9-13(10-8-11)21(19,20)14(16-15(17)18)12-5-3-2-4-6-12/h2-10,14,16H,1H3,(H,17,18). The predicted octanol–water partition coefficient (Wildman–Crippen LogP) is 2.74. The van der Waals surface area contributed by atoms with E-state index in [9.17, 15) is 13.2 Å². The summed E-state index contributed by atoms with van der Waals surface area (Å²) in [4.78, 5) is 11.0. The van der Waals surface area contributed by atoms with Gasteiger partial charge in [0.2, 0.25) is 9.84 Å². The summed E-state index contributed by atoms with van der Waals surface area (Å²) in [6, 6.07) is 14.5. The molecule has 2 rings (SSSR count). The van der Waals surface area contributed by atoms with Gasteiger partial charge in [-0.3, -0.25) is 0 Å². The molecule has 2 N–H and O–H groups in total. The van der Waals surface area contributed by atoms with Crippen LogP contribution in [0.25, 0.3) is 0 Å². The average Bonchev–Trinajstić information content (AvgIpc) is 2.46. The van der Waals surface area contributed by atoms with Crippen LogP contribution in [0, 0.1) is 6.92 Å². The van der Waals surface area contributed by atoms with E-state index < -0.39 is 21.3 Å². The van der Waals surface area contributed by atoms with Crippen LogP contribution in [0.15, 0.2) is 59.5 Å².